The zero-order chi connectivity index (χ0) is 97.5. The molecule has 0 bridgehead atoms. The number of fused-ring (bicyclic) bond motifs is 13. The van der Waals surface area contributed by atoms with Crippen LogP contribution in [0.3, 0.4) is 0 Å². The molecule has 2 saturated heterocycles. The molecule has 5 heterocycles. The smallest absolute Gasteiger partial charge is 0.342 e. The Balaban J connectivity index is 0.888. The monoisotopic (exact) mass is 1870 g/mol. The molecule has 15 rings (SSSR count). The summed E-state index contributed by atoms with van der Waals surface area (Å²) in [5, 5.41) is 320. The Morgan fingerprint density at radius 1 is 0.276 bits per heavy atom. The summed E-state index contributed by atoms with van der Waals surface area (Å²) < 4.78 is 74.6. The standard InChI is InChI=1S/C82H56O52/c83-26-1-16(2-27(84)47(26)95)71(112)122-14-39-66(68-69(81(125-39)133-72(113)17-3-28(85)48(96)29(86)4-17)131-78(119)23-11-36(93)53(101)60(108)44(23)43-21(76(117)130-68)9-34(91)52(100)59(43)107)128-80(121)25-12-37(94)55(103)63(111)64(25)124-38-13-24-46(62(110)56(38)104)45-22(10-35(92)54(102)61(45)109)77(118)129-67-65-40(126-82(70(67)132-79(24)120)134-73(114)18-5-30(87)49(97)31(88)6-18)15-123-74(115)19-7-32(89)50(98)57(105)41(19)42-20(75(116)127-65)8-33(90)51(99)58(42)106/h1-13,39-40,65-70,81-111H,14-15H2/t39-,40+,65+,66-,67+,68-,69+,70+,81-,82-/m0/s1. The minimum Gasteiger partial charge on any atom is -0.504 e. The second-order valence-electron chi connectivity index (χ2n) is 29.0. The summed E-state index contributed by atoms with van der Waals surface area (Å²) in [4.78, 5) is 150. The van der Waals surface area contributed by atoms with Crippen molar-refractivity contribution in [1.29, 1.82) is 0 Å². The zero-order valence-electron chi connectivity index (χ0n) is 65.6. The number of esters is 10. The van der Waals surface area contributed by atoms with Crippen LogP contribution in [-0.2, 0) is 56.8 Å². The van der Waals surface area contributed by atoms with Crippen molar-refractivity contribution < 1.29 is 258 Å². The van der Waals surface area contributed by atoms with Gasteiger partial charge >= 0.3 is 59.7 Å². The van der Waals surface area contributed by atoms with E-state index in [1.807, 2.05) is 0 Å². The van der Waals surface area contributed by atoms with Crippen LogP contribution in [-0.4, -0.2) is 282 Å². The van der Waals surface area contributed by atoms with Gasteiger partial charge in [0.25, 0.3) is 0 Å². The van der Waals surface area contributed by atoms with Gasteiger partial charge in [-0.25, -0.2) is 47.9 Å². The number of carbonyl (C=O) groups is 10. The molecule has 29 N–H and O–H groups in total. The number of aromatic hydroxyl groups is 29. The highest BCUT2D eigenvalue weighted by Gasteiger charge is 2.59. The fourth-order valence-corrected chi connectivity index (χ4v) is 14.5. The van der Waals surface area contributed by atoms with Gasteiger partial charge < -0.3 is 210 Å². The lowest BCUT2D eigenvalue weighted by Crippen LogP contribution is -2.63. The highest BCUT2D eigenvalue weighted by molar-refractivity contribution is 6.12. The number of phenols is 29. The second kappa shape index (κ2) is 32.9. The highest BCUT2D eigenvalue weighted by atomic mass is 16.8. The summed E-state index contributed by atoms with van der Waals surface area (Å²) in [7, 11) is 0. The average molecular weight is 1870 g/mol. The fourth-order valence-electron chi connectivity index (χ4n) is 14.5. The van der Waals surface area contributed by atoms with Crippen LogP contribution in [0.1, 0.15) is 104 Å². The van der Waals surface area contributed by atoms with Crippen molar-refractivity contribution in [1.82, 2.24) is 0 Å². The molecule has 0 spiro atoms. The molecule has 696 valence electrons. The Kier molecular flexibility index (Phi) is 22.0. The van der Waals surface area contributed by atoms with E-state index in [4.69, 9.17) is 61.6 Å². The largest absolute Gasteiger partial charge is 0.504 e. The molecule has 10 atom stereocenters. The van der Waals surface area contributed by atoms with Gasteiger partial charge in [-0.05, 0) is 66.7 Å². The summed E-state index contributed by atoms with van der Waals surface area (Å²) in [6.45, 7) is -3.16. The Hall–Kier alpha value is -19.2. The van der Waals surface area contributed by atoms with Crippen molar-refractivity contribution in [2.75, 3.05) is 13.2 Å². The Bertz CT molecular complexity index is 6800. The second-order valence-corrected chi connectivity index (χ2v) is 29.0. The minimum atomic E-state index is -3.03. The number of hydrogen-bond acceptors (Lipinski definition) is 52. The van der Waals surface area contributed by atoms with Crippen LogP contribution in [0.4, 0.5) is 0 Å². The van der Waals surface area contributed by atoms with Crippen molar-refractivity contribution in [2.24, 2.45) is 0 Å². The molecule has 5 aliphatic rings. The van der Waals surface area contributed by atoms with Gasteiger partial charge in [0.15, 0.2) is 157 Å². The Morgan fingerprint density at radius 3 is 0.948 bits per heavy atom. The van der Waals surface area contributed by atoms with Gasteiger partial charge in [-0.15, -0.1) is 0 Å². The summed E-state index contributed by atoms with van der Waals surface area (Å²) in [6.07, 6.45) is -28.7. The molecule has 10 aromatic carbocycles. The maximum absolute atomic E-state index is 15.8. The molecule has 2 fully saturated rings. The van der Waals surface area contributed by atoms with Crippen molar-refractivity contribution in [3.05, 3.63) is 134 Å². The lowest BCUT2D eigenvalue weighted by molar-refractivity contribution is -0.283. The molecule has 0 saturated carbocycles. The predicted octanol–water partition coefficient (Wildman–Crippen LogP) is 3.71. The van der Waals surface area contributed by atoms with E-state index in [-0.39, 0.29) is 36.4 Å². The number of hydrogen-bond donors (Lipinski definition) is 29. The van der Waals surface area contributed by atoms with E-state index in [1.54, 1.807) is 0 Å². The Morgan fingerprint density at radius 2 is 0.567 bits per heavy atom. The molecule has 0 amide bonds. The normalized spacial score (nSPS) is 19.5. The number of phenolic OH excluding ortho intramolecular Hbond substituents is 29. The van der Waals surface area contributed by atoms with Gasteiger partial charge in [-0.1, -0.05) is 0 Å². The topological polar surface area (TPSA) is 877 Å². The number of benzene rings is 10. The average Bonchev–Trinajstić information content (AvgIpc) is 0.816. The molecule has 52 nitrogen and oxygen atoms in total. The van der Waals surface area contributed by atoms with E-state index in [0.29, 0.717) is 42.5 Å². The van der Waals surface area contributed by atoms with Gasteiger partial charge in [-0.2, -0.15) is 0 Å². The maximum atomic E-state index is 15.8. The number of ether oxygens (including phenoxy) is 13. The summed E-state index contributed by atoms with van der Waals surface area (Å²) in [5.41, 5.74) is -20.9. The van der Waals surface area contributed by atoms with E-state index in [2.05, 4.69) is 0 Å². The van der Waals surface area contributed by atoms with Crippen LogP contribution in [0.5, 0.6) is 178 Å². The molecular weight excluding hydrogens is 1820 g/mol. The van der Waals surface area contributed by atoms with Crippen LogP contribution < -0.4 is 4.74 Å². The van der Waals surface area contributed by atoms with Gasteiger partial charge in [0.05, 0.1) is 50.1 Å². The predicted molar refractivity (Wildman–Crippen MR) is 414 cm³/mol. The maximum Gasteiger partial charge on any atom is 0.342 e. The number of carbonyl (C=O) groups excluding carboxylic acids is 10. The molecule has 52 heteroatoms. The van der Waals surface area contributed by atoms with Crippen molar-refractivity contribution >= 4 is 59.7 Å². The van der Waals surface area contributed by atoms with Gasteiger partial charge in [-0.3, -0.25) is 0 Å². The summed E-state index contributed by atoms with van der Waals surface area (Å²) >= 11 is 0. The molecule has 10 aromatic rings. The van der Waals surface area contributed by atoms with E-state index in [9.17, 15) is 167 Å². The third-order valence-electron chi connectivity index (χ3n) is 21.0. The third kappa shape index (κ3) is 15.0. The molecule has 5 aliphatic heterocycles. The van der Waals surface area contributed by atoms with Crippen molar-refractivity contribution in [3.8, 4) is 212 Å². The quantitative estimate of drug-likeness (QED) is 0.0498. The number of cyclic esters (lactones) is 1. The van der Waals surface area contributed by atoms with E-state index < -0.39 is 402 Å². The van der Waals surface area contributed by atoms with Crippen molar-refractivity contribution in [3.63, 3.8) is 0 Å². The Labute approximate surface area is 735 Å². The zero-order valence-corrected chi connectivity index (χ0v) is 65.6. The van der Waals surface area contributed by atoms with Gasteiger partial charge in [0.2, 0.25) is 70.8 Å². The molecule has 134 heavy (non-hydrogen) atoms. The van der Waals surface area contributed by atoms with Crippen LogP contribution >= 0.6 is 0 Å². The van der Waals surface area contributed by atoms with E-state index >= 15 is 28.8 Å². The van der Waals surface area contributed by atoms with Crippen LogP contribution in [0.25, 0.3) is 33.4 Å². The first-order valence-electron chi connectivity index (χ1n) is 37.1. The first-order valence-corrected chi connectivity index (χ1v) is 37.1. The van der Waals surface area contributed by atoms with E-state index in [0.717, 1.165) is 0 Å². The highest BCUT2D eigenvalue weighted by Crippen LogP contribution is 2.60. The molecular formula is C82H56O52. The molecule has 0 aliphatic carbocycles. The lowest BCUT2D eigenvalue weighted by atomic mass is 9.90. The van der Waals surface area contributed by atoms with Crippen LogP contribution in [0.2, 0.25) is 0 Å². The molecule has 0 radical (unpaired) electrons. The number of rotatable bonds is 11. The first-order chi connectivity index (χ1) is 63.1. The van der Waals surface area contributed by atoms with Crippen LogP contribution in [0, 0.1) is 0 Å². The SMILES string of the molecule is O=C(OC[C@@H]1O[C@@H](OC(=O)c2cc(O)c(O)c(O)c2)[C@@H]2OC(=O)c3cc(O)c(O)c(O)c3-c3c(cc(O)c(O)c3O)C(=O)O[C@H]2[C@H]1OC(=O)c1cc(O)c(O)c(O)c1Oc1cc2c(c(O)c1O)-c1c(cc(O)c(O)c1O)C(=O)O[C@H]1[C@@H](OC2=O)[C@H](OC(=O)c2cc(O)c(O)c(O)c2)O[C@@H]2COC(=O)c3cc(O)c(O)c(O)c3-c3c(cc(O)c(O)c3O)C(=O)O[C@@H]12)c1cc(O)c(O)c(O)c1. The summed E-state index contributed by atoms with van der Waals surface area (Å²) in [5.74, 6) is -67.9. The van der Waals surface area contributed by atoms with Crippen molar-refractivity contribution in [2.45, 2.75) is 61.4 Å². The van der Waals surface area contributed by atoms with Crippen LogP contribution in [0.15, 0.2) is 78.9 Å². The fraction of sp³-hybridized carbons (Fsp3) is 0.146. The first kappa shape index (κ1) is 89.6. The third-order valence-corrected chi connectivity index (χ3v) is 21.0. The van der Waals surface area contributed by atoms with Gasteiger partial charge in [0.1, 0.15) is 31.0 Å². The lowest BCUT2D eigenvalue weighted by Gasteiger charge is -2.44. The molecule has 0 aromatic heterocycles. The summed E-state index contributed by atoms with van der Waals surface area (Å²) in [6, 6.07) is 3.96. The minimum absolute atomic E-state index is 0.0556. The van der Waals surface area contributed by atoms with E-state index in [1.165, 1.54) is 0 Å². The van der Waals surface area contributed by atoms with Gasteiger partial charge in [0, 0.05) is 45.5 Å². The molecule has 0 unspecified atom stereocenters.